The molecule has 0 fully saturated rings. The van der Waals surface area contributed by atoms with E-state index in [2.05, 4.69) is 30.5 Å². The predicted molar refractivity (Wildman–Crippen MR) is 69.8 cm³/mol. The van der Waals surface area contributed by atoms with Crippen molar-refractivity contribution in [3.8, 4) is 0 Å². The second-order valence-electron chi connectivity index (χ2n) is 4.55. The molecule has 1 atom stereocenters. The minimum absolute atomic E-state index is 0.285. The first kappa shape index (κ1) is 14.2. The Morgan fingerprint density at radius 3 is 2.82 bits per heavy atom. The number of hydrogen-bond donors (Lipinski definition) is 2. The molecule has 0 aliphatic rings. The van der Waals surface area contributed by atoms with Gasteiger partial charge in [-0.1, -0.05) is 20.3 Å². The molecule has 1 heterocycles. The van der Waals surface area contributed by atoms with Gasteiger partial charge in [-0.3, -0.25) is 4.68 Å². The van der Waals surface area contributed by atoms with E-state index in [0.29, 0.717) is 5.92 Å². The minimum atomic E-state index is 0.285. The zero-order chi connectivity index (χ0) is 12.7. The molecule has 1 aromatic heterocycles. The molecule has 1 rings (SSSR count). The number of rotatable bonds is 8. The lowest BCUT2D eigenvalue weighted by atomic mass is 10.0. The molecular formula is C13H25N3O. The Balaban J connectivity index is 2.39. The van der Waals surface area contributed by atoms with Gasteiger partial charge in [0, 0.05) is 32.0 Å². The van der Waals surface area contributed by atoms with Gasteiger partial charge in [0.05, 0.1) is 5.69 Å². The smallest absolute Gasteiger partial charge is 0.0666 e. The molecule has 0 aliphatic carbocycles. The predicted octanol–water partition coefficient (Wildman–Crippen LogP) is 1.48. The summed E-state index contributed by atoms with van der Waals surface area (Å²) in [5.74, 6) is 0.571. The molecule has 0 aliphatic heterocycles. The summed E-state index contributed by atoms with van der Waals surface area (Å²) in [7, 11) is 1.96. The Kier molecular flexibility index (Phi) is 6.22. The molecule has 0 saturated carbocycles. The van der Waals surface area contributed by atoms with Crippen molar-refractivity contribution in [2.45, 2.75) is 39.7 Å². The van der Waals surface area contributed by atoms with Gasteiger partial charge in [-0.15, -0.1) is 0 Å². The number of aliphatic hydroxyl groups is 1. The van der Waals surface area contributed by atoms with E-state index < -0.39 is 0 Å². The fourth-order valence-electron chi connectivity index (χ4n) is 2.07. The highest BCUT2D eigenvalue weighted by Gasteiger charge is 2.08. The van der Waals surface area contributed by atoms with Crippen molar-refractivity contribution in [3.05, 3.63) is 17.5 Å². The van der Waals surface area contributed by atoms with Crippen molar-refractivity contribution < 1.29 is 5.11 Å². The highest BCUT2D eigenvalue weighted by Crippen LogP contribution is 2.09. The quantitative estimate of drug-likeness (QED) is 0.722. The van der Waals surface area contributed by atoms with Gasteiger partial charge < -0.3 is 10.4 Å². The van der Waals surface area contributed by atoms with Crippen molar-refractivity contribution in [2.75, 3.05) is 13.2 Å². The topological polar surface area (TPSA) is 50.1 Å². The Hall–Kier alpha value is -0.870. The molecule has 0 aromatic carbocycles. The highest BCUT2D eigenvalue weighted by molar-refractivity contribution is 5.16. The molecule has 4 heteroatoms. The molecule has 0 spiro atoms. The maximum absolute atomic E-state index is 8.93. The van der Waals surface area contributed by atoms with Gasteiger partial charge in [0.1, 0.15) is 0 Å². The van der Waals surface area contributed by atoms with Crippen molar-refractivity contribution in [1.29, 1.82) is 0 Å². The summed E-state index contributed by atoms with van der Waals surface area (Å²) >= 11 is 0. The van der Waals surface area contributed by atoms with Gasteiger partial charge in [-0.25, -0.2) is 0 Å². The number of aryl methyl sites for hydroxylation is 2. The lowest BCUT2D eigenvalue weighted by Gasteiger charge is -2.14. The van der Waals surface area contributed by atoms with E-state index in [1.54, 1.807) is 0 Å². The summed E-state index contributed by atoms with van der Waals surface area (Å²) in [6.45, 7) is 6.43. The Morgan fingerprint density at radius 2 is 2.24 bits per heavy atom. The zero-order valence-corrected chi connectivity index (χ0v) is 11.2. The van der Waals surface area contributed by atoms with Crippen LogP contribution in [-0.2, 0) is 20.0 Å². The van der Waals surface area contributed by atoms with Gasteiger partial charge in [-0.2, -0.15) is 5.10 Å². The van der Waals surface area contributed by atoms with E-state index in [1.807, 2.05) is 11.7 Å². The molecule has 0 saturated heterocycles. The lowest BCUT2D eigenvalue weighted by molar-refractivity contribution is 0.251. The van der Waals surface area contributed by atoms with Crippen LogP contribution >= 0.6 is 0 Å². The number of nitrogens with one attached hydrogen (secondary N) is 1. The van der Waals surface area contributed by atoms with E-state index in [1.165, 1.54) is 11.3 Å². The fraction of sp³-hybridized carbons (Fsp3) is 0.769. The summed E-state index contributed by atoms with van der Waals surface area (Å²) in [6, 6.07) is 0. The normalized spacial score (nSPS) is 12.9. The third-order valence-electron chi connectivity index (χ3n) is 3.19. The highest BCUT2D eigenvalue weighted by atomic mass is 16.3. The van der Waals surface area contributed by atoms with Gasteiger partial charge in [0.15, 0.2) is 0 Å². The average Bonchev–Trinajstić information content (AvgIpc) is 2.68. The summed E-state index contributed by atoms with van der Waals surface area (Å²) in [5.41, 5.74) is 2.46. The third kappa shape index (κ3) is 4.48. The average molecular weight is 239 g/mol. The third-order valence-corrected chi connectivity index (χ3v) is 3.19. The van der Waals surface area contributed by atoms with Crippen LogP contribution in [0.2, 0.25) is 0 Å². The zero-order valence-electron chi connectivity index (χ0n) is 11.2. The monoisotopic (exact) mass is 239 g/mol. The molecular weight excluding hydrogens is 214 g/mol. The summed E-state index contributed by atoms with van der Waals surface area (Å²) in [5, 5.41) is 16.8. The SMILES string of the molecule is CCc1nn(C)cc1CNCC(CC)CCO. The van der Waals surface area contributed by atoms with Crippen LogP contribution in [0, 0.1) is 5.92 Å². The minimum Gasteiger partial charge on any atom is -0.396 e. The van der Waals surface area contributed by atoms with Crippen LogP contribution in [0.25, 0.3) is 0 Å². The maximum atomic E-state index is 8.93. The van der Waals surface area contributed by atoms with Gasteiger partial charge in [0.25, 0.3) is 0 Å². The Labute approximate surface area is 104 Å². The second kappa shape index (κ2) is 7.45. The molecule has 98 valence electrons. The molecule has 4 nitrogen and oxygen atoms in total. The lowest BCUT2D eigenvalue weighted by Crippen LogP contribution is -2.23. The number of aromatic nitrogens is 2. The van der Waals surface area contributed by atoms with E-state index in [9.17, 15) is 0 Å². The molecule has 0 bridgehead atoms. The molecule has 17 heavy (non-hydrogen) atoms. The van der Waals surface area contributed by atoms with Crippen LogP contribution in [-0.4, -0.2) is 28.0 Å². The van der Waals surface area contributed by atoms with Crippen LogP contribution in [0.4, 0.5) is 0 Å². The largest absolute Gasteiger partial charge is 0.396 e. The van der Waals surface area contributed by atoms with Crippen molar-refractivity contribution in [1.82, 2.24) is 15.1 Å². The van der Waals surface area contributed by atoms with E-state index in [4.69, 9.17) is 5.11 Å². The van der Waals surface area contributed by atoms with Crippen LogP contribution in [0.5, 0.6) is 0 Å². The van der Waals surface area contributed by atoms with Gasteiger partial charge >= 0.3 is 0 Å². The first-order valence-corrected chi connectivity index (χ1v) is 6.54. The first-order chi connectivity index (χ1) is 8.21. The molecule has 0 amide bonds. The number of nitrogens with zero attached hydrogens (tertiary/aromatic N) is 2. The fourth-order valence-corrected chi connectivity index (χ4v) is 2.07. The molecule has 1 aromatic rings. The molecule has 0 radical (unpaired) electrons. The Morgan fingerprint density at radius 1 is 1.47 bits per heavy atom. The van der Waals surface area contributed by atoms with E-state index in [0.717, 1.165) is 32.4 Å². The first-order valence-electron chi connectivity index (χ1n) is 6.54. The van der Waals surface area contributed by atoms with E-state index in [-0.39, 0.29) is 6.61 Å². The summed E-state index contributed by atoms with van der Waals surface area (Å²) < 4.78 is 1.88. The Bertz CT molecular complexity index is 322. The van der Waals surface area contributed by atoms with Crippen LogP contribution < -0.4 is 5.32 Å². The van der Waals surface area contributed by atoms with Crippen LogP contribution in [0.1, 0.15) is 37.9 Å². The van der Waals surface area contributed by atoms with Crippen molar-refractivity contribution in [2.24, 2.45) is 13.0 Å². The second-order valence-corrected chi connectivity index (χ2v) is 4.55. The molecule has 1 unspecified atom stereocenters. The van der Waals surface area contributed by atoms with Gasteiger partial charge in [0.2, 0.25) is 0 Å². The van der Waals surface area contributed by atoms with E-state index >= 15 is 0 Å². The molecule has 2 N–H and O–H groups in total. The number of aliphatic hydroxyl groups excluding tert-OH is 1. The number of hydrogen-bond acceptors (Lipinski definition) is 3. The van der Waals surface area contributed by atoms with Crippen molar-refractivity contribution >= 4 is 0 Å². The van der Waals surface area contributed by atoms with Crippen LogP contribution in [0.3, 0.4) is 0 Å². The van der Waals surface area contributed by atoms with Crippen molar-refractivity contribution in [3.63, 3.8) is 0 Å². The standard InChI is InChI=1S/C13H25N3O/c1-4-11(6-7-17)8-14-9-12-10-16(3)15-13(12)5-2/h10-11,14,17H,4-9H2,1-3H3. The summed E-state index contributed by atoms with van der Waals surface area (Å²) in [6.07, 6.45) is 5.06. The van der Waals surface area contributed by atoms with Gasteiger partial charge in [-0.05, 0) is 25.3 Å². The van der Waals surface area contributed by atoms with Crippen LogP contribution in [0.15, 0.2) is 6.20 Å². The summed E-state index contributed by atoms with van der Waals surface area (Å²) in [4.78, 5) is 0. The maximum Gasteiger partial charge on any atom is 0.0666 e.